The number of carbonyl (C=O) groups excluding carboxylic acids is 1. The fourth-order valence-electron chi connectivity index (χ4n) is 1.66. The van der Waals surface area contributed by atoms with Crippen molar-refractivity contribution >= 4 is 5.97 Å². The highest BCUT2D eigenvalue weighted by molar-refractivity contribution is 5.69. The zero-order chi connectivity index (χ0) is 15.8. The first-order chi connectivity index (χ1) is 10.2. The van der Waals surface area contributed by atoms with Crippen molar-refractivity contribution in [2.24, 2.45) is 0 Å². The Bertz CT molecular complexity index is 230. The number of hydrogen-bond donors (Lipinski definition) is 0. The molecule has 6 nitrogen and oxygen atoms in total. The second-order valence-electron chi connectivity index (χ2n) is 4.76. The molecule has 0 amide bonds. The summed E-state index contributed by atoms with van der Waals surface area (Å²) in [5.74, 6) is -0.186. The maximum Gasteiger partial charge on any atom is 0.307 e. The van der Waals surface area contributed by atoms with Crippen LogP contribution in [0.5, 0.6) is 0 Å². The van der Waals surface area contributed by atoms with E-state index in [-0.39, 0.29) is 5.97 Å². The van der Waals surface area contributed by atoms with E-state index in [4.69, 9.17) is 18.9 Å². The van der Waals surface area contributed by atoms with Gasteiger partial charge in [0.25, 0.3) is 0 Å². The van der Waals surface area contributed by atoms with E-state index >= 15 is 0 Å². The Hall–Kier alpha value is -0.690. The van der Waals surface area contributed by atoms with Gasteiger partial charge in [-0.15, -0.1) is 0 Å². The van der Waals surface area contributed by atoms with Gasteiger partial charge in [0, 0.05) is 40.5 Å². The van der Waals surface area contributed by atoms with Crippen LogP contribution in [0.1, 0.15) is 26.2 Å². The van der Waals surface area contributed by atoms with Crippen molar-refractivity contribution in [3.05, 3.63) is 0 Å². The Kier molecular flexibility index (Phi) is 15.2. The average Bonchev–Trinajstić information content (AvgIpc) is 2.50. The van der Waals surface area contributed by atoms with Gasteiger partial charge >= 0.3 is 5.97 Å². The topological polar surface area (TPSA) is 57.2 Å². The molecule has 0 aromatic heterocycles. The molecule has 0 aliphatic rings. The molecule has 21 heavy (non-hydrogen) atoms. The van der Waals surface area contributed by atoms with Crippen molar-refractivity contribution in [1.82, 2.24) is 4.90 Å². The lowest BCUT2D eigenvalue weighted by atomic mass is 10.3. The Labute approximate surface area is 128 Å². The van der Waals surface area contributed by atoms with E-state index in [0.717, 1.165) is 32.5 Å². The number of methoxy groups -OCH3 is 2. The Morgan fingerprint density at radius 2 is 1.57 bits per heavy atom. The van der Waals surface area contributed by atoms with Crippen LogP contribution in [0.15, 0.2) is 0 Å². The third kappa shape index (κ3) is 14.0. The van der Waals surface area contributed by atoms with Crippen LogP contribution >= 0.6 is 0 Å². The number of nitrogens with zero attached hydrogens (tertiary/aromatic N) is 1. The molecule has 0 aliphatic carbocycles. The predicted molar refractivity (Wildman–Crippen MR) is 81.5 cm³/mol. The van der Waals surface area contributed by atoms with Gasteiger partial charge in [0.1, 0.15) is 6.61 Å². The van der Waals surface area contributed by atoms with Crippen LogP contribution in [0.25, 0.3) is 0 Å². The van der Waals surface area contributed by atoms with Gasteiger partial charge in [-0.05, 0) is 6.42 Å². The lowest BCUT2D eigenvalue weighted by molar-refractivity contribution is -0.145. The van der Waals surface area contributed by atoms with Crippen molar-refractivity contribution < 1.29 is 23.7 Å². The fraction of sp³-hybridized carbons (Fsp3) is 0.933. The van der Waals surface area contributed by atoms with Gasteiger partial charge in [-0.1, -0.05) is 13.3 Å². The molecule has 0 unspecified atom stereocenters. The smallest absolute Gasteiger partial charge is 0.307 e. The summed E-state index contributed by atoms with van der Waals surface area (Å²) >= 11 is 0. The first-order valence-corrected chi connectivity index (χ1v) is 7.68. The monoisotopic (exact) mass is 305 g/mol. The zero-order valence-corrected chi connectivity index (χ0v) is 13.8. The van der Waals surface area contributed by atoms with Crippen LogP contribution in [0.4, 0.5) is 0 Å². The third-order valence-electron chi connectivity index (χ3n) is 2.99. The predicted octanol–water partition coefficient (Wildman–Crippen LogP) is 1.33. The van der Waals surface area contributed by atoms with Gasteiger partial charge in [-0.2, -0.15) is 0 Å². The average molecular weight is 305 g/mol. The van der Waals surface area contributed by atoms with E-state index in [2.05, 4.69) is 11.8 Å². The summed E-state index contributed by atoms with van der Waals surface area (Å²) in [6, 6.07) is 0. The van der Waals surface area contributed by atoms with Crippen molar-refractivity contribution in [3.8, 4) is 0 Å². The van der Waals surface area contributed by atoms with Gasteiger partial charge < -0.3 is 18.9 Å². The summed E-state index contributed by atoms with van der Waals surface area (Å²) in [4.78, 5) is 13.7. The maximum absolute atomic E-state index is 11.6. The standard InChI is InChI=1S/C15H31NO5/c1-4-5-10-20-13-14-21-15(17)6-7-16(8-11-18-2)9-12-19-3/h4-14H2,1-3H3. The molecule has 0 bridgehead atoms. The molecular weight excluding hydrogens is 274 g/mol. The van der Waals surface area contributed by atoms with Crippen molar-refractivity contribution in [1.29, 1.82) is 0 Å². The van der Waals surface area contributed by atoms with Crippen LogP contribution in [-0.4, -0.2) is 77.8 Å². The van der Waals surface area contributed by atoms with Crippen molar-refractivity contribution in [3.63, 3.8) is 0 Å². The lowest BCUT2D eigenvalue weighted by Gasteiger charge is -2.20. The number of rotatable bonds is 15. The first-order valence-electron chi connectivity index (χ1n) is 7.68. The molecule has 0 aromatic rings. The molecule has 0 aliphatic heterocycles. The number of unbranched alkanes of at least 4 members (excludes halogenated alkanes) is 1. The van der Waals surface area contributed by atoms with Crippen molar-refractivity contribution in [2.75, 3.05) is 66.9 Å². The molecule has 6 heteroatoms. The Balaban J connectivity index is 3.65. The minimum absolute atomic E-state index is 0.186. The summed E-state index contributed by atoms with van der Waals surface area (Å²) in [5.41, 5.74) is 0. The van der Waals surface area contributed by atoms with Crippen LogP contribution < -0.4 is 0 Å². The number of hydrogen-bond acceptors (Lipinski definition) is 6. The molecule has 126 valence electrons. The SMILES string of the molecule is CCCCOCCOC(=O)CCN(CCOC)CCOC. The molecular formula is C15H31NO5. The number of carbonyl (C=O) groups is 1. The summed E-state index contributed by atoms with van der Waals surface area (Å²) in [6.45, 7) is 7.16. The van der Waals surface area contributed by atoms with Crippen molar-refractivity contribution in [2.45, 2.75) is 26.2 Å². The molecule has 0 rings (SSSR count). The minimum Gasteiger partial charge on any atom is -0.463 e. The van der Waals surface area contributed by atoms with Gasteiger partial charge in [0.2, 0.25) is 0 Å². The van der Waals surface area contributed by atoms with E-state index in [1.807, 2.05) is 0 Å². The number of ether oxygens (including phenoxy) is 4. The van der Waals surface area contributed by atoms with E-state index in [9.17, 15) is 4.79 Å². The van der Waals surface area contributed by atoms with Gasteiger partial charge in [0.15, 0.2) is 0 Å². The number of esters is 1. The largest absolute Gasteiger partial charge is 0.463 e. The van der Waals surface area contributed by atoms with E-state index in [0.29, 0.717) is 39.4 Å². The van der Waals surface area contributed by atoms with E-state index in [1.165, 1.54) is 0 Å². The molecule has 0 aromatic carbocycles. The first kappa shape index (κ1) is 20.3. The Morgan fingerprint density at radius 3 is 2.14 bits per heavy atom. The maximum atomic E-state index is 11.6. The highest BCUT2D eigenvalue weighted by Gasteiger charge is 2.09. The second kappa shape index (κ2) is 15.7. The zero-order valence-electron chi connectivity index (χ0n) is 13.8. The molecule has 0 radical (unpaired) electrons. The third-order valence-corrected chi connectivity index (χ3v) is 2.99. The van der Waals surface area contributed by atoms with Crippen LogP contribution in [0, 0.1) is 0 Å². The molecule has 0 saturated heterocycles. The summed E-state index contributed by atoms with van der Waals surface area (Å²) < 4.78 is 20.6. The van der Waals surface area contributed by atoms with Crippen LogP contribution in [0.2, 0.25) is 0 Å². The molecule has 0 spiro atoms. The van der Waals surface area contributed by atoms with Gasteiger partial charge in [-0.3, -0.25) is 9.69 Å². The molecule has 0 saturated carbocycles. The summed E-state index contributed by atoms with van der Waals surface area (Å²) in [5, 5.41) is 0. The van der Waals surface area contributed by atoms with Gasteiger partial charge in [0.05, 0.1) is 26.2 Å². The summed E-state index contributed by atoms with van der Waals surface area (Å²) in [7, 11) is 3.34. The molecule has 0 atom stereocenters. The van der Waals surface area contributed by atoms with E-state index in [1.54, 1.807) is 14.2 Å². The minimum atomic E-state index is -0.186. The normalized spacial score (nSPS) is 11.0. The molecule has 0 fully saturated rings. The molecule has 0 heterocycles. The molecule has 0 N–H and O–H groups in total. The Morgan fingerprint density at radius 1 is 0.905 bits per heavy atom. The second-order valence-corrected chi connectivity index (χ2v) is 4.76. The van der Waals surface area contributed by atoms with E-state index < -0.39 is 0 Å². The highest BCUT2D eigenvalue weighted by atomic mass is 16.6. The fourth-order valence-corrected chi connectivity index (χ4v) is 1.66. The lowest BCUT2D eigenvalue weighted by Crippen LogP contribution is -2.33. The summed E-state index contributed by atoms with van der Waals surface area (Å²) in [6.07, 6.45) is 2.53. The quantitative estimate of drug-likeness (QED) is 0.336. The van der Waals surface area contributed by atoms with Crippen LogP contribution in [0.3, 0.4) is 0 Å². The van der Waals surface area contributed by atoms with Crippen LogP contribution in [-0.2, 0) is 23.7 Å². The highest BCUT2D eigenvalue weighted by Crippen LogP contribution is 1.95. The van der Waals surface area contributed by atoms with Gasteiger partial charge in [-0.25, -0.2) is 0 Å².